The molecule has 0 amide bonds. The van der Waals surface area contributed by atoms with Gasteiger partial charge in [-0.1, -0.05) is 51.1 Å². The number of nitrogens with zero attached hydrogens (tertiary/aromatic N) is 1. The van der Waals surface area contributed by atoms with Crippen molar-refractivity contribution in [1.29, 1.82) is 0 Å². The van der Waals surface area contributed by atoms with Crippen molar-refractivity contribution in [2.75, 3.05) is 19.7 Å². The summed E-state index contributed by atoms with van der Waals surface area (Å²) < 4.78 is 12.0. The Balaban J connectivity index is 2.10. The summed E-state index contributed by atoms with van der Waals surface area (Å²) >= 11 is 0. The van der Waals surface area contributed by atoms with Crippen molar-refractivity contribution in [3.05, 3.63) is 35.9 Å². The van der Waals surface area contributed by atoms with E-state index in [1.165, 1.54) is 5.56 Å². The van der Waals surface area contributed by atoms with E-state index in [-0.39, 0.29) is 23.0 Å². The van der Waals surface area contributed by atoms with Crippen LogP contribution in [0, 0.1) is 5.92 Å². The highest BCUT2D eigenvalue weighted by atomic mass is 28.4. The minimum atomic E-state index is -1.93. The van der Waals surface area contributed by atoms with Crippen LogP contribution in [0.15, 0.2) is 30.3 Å². The molecule has 0 bridgehead atoms. The first-order valence-electron chi connectivity index (χ1n) is 9.75. The highest BCUT2D eigenvalue weighted by molar-refractivity contribution is 6.74. The van der Waals surface area contributed by atoms with Crippen molar-refractivity contribution in [3.63, 3.8) is 0 Å². The Morgan fingerprint density at radius 2 is 1.88 bits per heavy atom. The Morgan fingerprint density at radius 1 is 1.23 bits per heavy atom. The molecule has 26 heavy (non-hydrogen) atoms. The molecule has 1 heterocycles. The third kappa shape index (κ3) is 5.41. The van der Waals surface area contributed by atoms with E-state index >= 15 is 0 Å². The molecule has 0 radical (unpaired) electrons. The molecule has 1 fully saturated rings. The number of benzene rings is 1. The van der Waals surface area contributed by atoms with Crippen molar-refractivity contribution in [2.24, 2.45) is 5.92 Å². The van der Waals surface area contributed by atoms with Gasteiger partial charge in [-0.05, 0) is 27.2 Å². The standard InChI is InChI=1S/C21H35NO3Si/c1-7-24-20(23)18-16-22(15-17-11-9-8-10-12-17)14-13-19(18)25-26(5,6)21(2,3)4/h8-12,18-19H,7,13-16H2,1-6H3/q-1/t18-,19-/m0/s1. The van der Waals surface area contributed by atoms with Crippen molar-refractivity contribution in [2.45, 2.75) is 64.9 Å². The van der Waals surface area contributed by atoms with Gasteiger partial charge in [-0.3, -0.25) is 9.69 Å². The molecule has 1 aromatic rings. The maximum atomic E-state index is 12.6. The predicted molar refractivity (Wildman–Crippen MR) is 109 cm³/mol. The molecular formula is C21H35NO3Si-. The van der Waals surface area contributed by atoms with Gasteiger partial charge >= 0.3 is 5.97 Å². The number of ether oxygens (including phenoxy) is 1. The van der Waals surface area contributed by atoms with Crippen LogP contribution in [0.2, 0.25) is 18.1 Å². The van der Waals surface area contributed by atoms with E-state index < -0.39 is 8.32 Å². The zero-order chi connectivity index (χ0) is 19.4. The number of rotatable bonds is 6. The fourth-order valence-corrected chi connectivity index (χ4v) is 4.55. The number of hydrogen-bond acceptors (Lipinski definition) is 4. The van der Waals surface area contributed by atoms with Gasteiger partial charge in [0.05, 0.1) is 12.5 Å². The second kappa shape index (κ2) is 8.68. The van der Waals surface area contributed by atoms with Gasteiger partial charge in [0.25, 0.3) is 0 Å². The first-order chi connectivity index (χ1) is 12.1. The quantitative estimate of drug-likeness (QED) is 0.542. The summed E-state index contributed by atoms with van der Waals surface area (Å²) in [5.41, 5.74) is 1.28. The van der Waals surface area contributed by atoms with Crippen LogP contribution >= 0.6 is 0 Å². The molecule has 1 aliphatic heterocycles. The summed E-state index contributed by atoms with van der Waals surface area (Å²) in [6, 6.07) is 10.4. The van der Waals surface area contributed by atoms with Crippen LogP contribution in [0.4, 0.5) is 0 Å². The molecule has 2 rings (SSSR count). The SMILES string of the molecule is CCOC(=O)[C@H]1CN(Cc2ccccc2)CC[C@@H]1O[Si-](C)(C)C(C)(C)C. The van der Waals surface area contributed by atoms with Crippen LogP contribution in [0.1, 0.15) is 39.7 Å². The lowest BCUT2D eigenvalue weighted by Crippen LogP contribution is -2.53. The molecule has 1 saturated heterocycles. The van der Waals surface area contributed by atoms with E-state index in [0.29, 0.717) is 13.2 Å². The van der Waals surface area contributed by atoms with E-state index in [9.17, 15) is 4.79 Å². The molecule has 4 nitrogen and oxygen atoms in total. The van der Waals surface area contributed by atoms with Crippen molar-refractivity contribution >= 4 is 14.3 Å². The van der Waals surface area contributed by atoms with Crippen LogP contribution in [0.5, 0.6) is 0 Å². The maximum absolute atomic E-state index is 12.6. The highest BCUT2D eigenvalue weighted by Crippen LogP contribution is 2.39. The molecule has 0 saturated carbocycles. The first-order valence-corrected chi connectivity index (χ1v) is 12.7. The lowest BCUT2D eigenvalue weighted by Gasteiger charge is -2.53. The molecule has 1 aromatic carbocycles. The minimum Gasteiger partial charge on any atom is -0.562 e. The second-order valence-electron chi connectivity index (χ2n) is 8.78. The lowest BCUT2D eigenvalue weighted by atomic mass is 9.94. The van der Waals surface area contributed by atoms with Gasteiger partial charge in [-0.2, -0.15) is 0 Å². The van der Waals surface area contributed by atoms with E-state index in [1.807, 2.05) is 13.0 Å². The second-order valence-corrected chi connectivity index (χ2v) is 13.5. The van der Waals surface area contributed by atoms with Gasteiger partial charge < -0.3 is 9.16 Å². The van der Waals surface area contributed by atoms with Crippen LogP contribution in [-0.4, -0.2) is 45.0 Å². The number of likely N-dealkylation sites (tertiary alicyclic amines) is 1. The third-order valence-corrected chi connectivity index (χ3v) is 10.2. The fraction of sp³-hybridized carbons (Fsp3) is 0.667. The van der Waals surface area contributed by atoms with Crippen LogP contribution < -0.4 is 0 Å². The highest BCUT2D eigenvalue weighted by Gasteiger charge is 2.38. The third-order valence-electron chi connectivity index (χ3n) is 5.72. The molecule has 2 atom stereocenters. The van der Waals surface area contributed by atoms with E-state index in [2.05, 4.69) is 63.0 Å². The summed E-state index contributed by atoms with van der Waals surface area (Å²) in [6.45, 7) is 16.0. The predicted octanol–water partition coefficient (Wildman–Crippen LogP) is 4.46. The summed E-state index contributed by atoms with van der Waals surface area (Å²) in [4.78, 5) is 15.0. The Morgan fingerprint density at radius 3 is 2.46 bits per heavy atom. The van der Waals surface area contributed by atoms with Crippen molar-refractivity contribution in [1.82, 2.24) is 4.90 Å². The Kier molecular flexibility index (Phi) is 7.05. The maximum Gasteiger partial charge on any atom is 0.312 e. The van der Waals surface area contributed by atoms with Gasteiger partial charge in [-0.15, -0.1) is 18.1 Å². The summed E-state index contributed by atoms with van der Waals surface area (Å²) in [7, 11) is -1.93. The minimum absolute atomic E-state index is 0.0398. The fourth-order valence-electron chi connectivity index (χ4n) is 3.16. The normalized spacial score (nSPS) is 22.2. The average Bonchev–Trinajstić information content (AvgIpc) is 2.56. The van der Waals surface area contributed by atoms with E-state index in [0.717, 1.165) is 19.5 Å². The van der Waals surface area contributed by atoms with Gasteiger partial charge in [0.1, 0.15) is 0 Å². The molecule has 5 heteroatoms. The van der Waals surface area contributed by atoms with Crippen LogP contribution in [0.3, 0.4) is 0 Å². The smallest absolute Gasteiger partial charge is 0.312 e. The van der Waals surface area contributed by atoms with Gasteiger partial charge in [-0.25, -0.2) is 0 Å². The molecule has 0 N–H and O–H groups in total. The summed E-state index contributed by atoms with van der Waals surface area (Å²) in [5.74, 6) is -0.324. The summed E-state index contributed by atoms with van der Waals surface area (Å²) in [5, 5.41) is 0.132. The first kappa shape index (κ1) is 21.1. The van der Waals surface area contributed by atoms with E-state index in [4.69, 9.17) is 9.16 Å². The topological polar surface area (TPSA) is 38.8 Å². The average molecular weight is 378 g/mol. The van der Waals surface area contributed by atoms with Gasteiger partial charge in [0.2, 0.25) is 0 Å². The molecule has 1 aliphatic rings. The van der Waals surface area contributed by atoms with Gasteiger partial charge in [0.15, 0.2) is 0 Å². The molecule has 0 aromatic heterocycles. The molecular weight excluding hydrogens is 342 g/mol. The zero-order valence-corrected chi connectivity index (χ0v) is 18.2. The number of carbonyl (C=O) groups excluding carboxylic acids is 1. The van der Waals surface area contributed by atoms with Crippen molar-refractivity contribution < 1.29 is 14.0 Å². The monoisotopic (exact) mass is 377 g/mol. The molecule has 0 unspecified atom stereocenters. The Labute approximate surface area is 160 Å². The number of esters is 1. The molecule has 0 aliphatic carbocycles. The largest absolute Gasteiger partial charge is 0.562 e. The Hall–Kier alpha value is -1.17. The van der Waals surface area contributed by atoms with Crippen LogP contribution in [-0.2, 0) is 20.5 Å². The summed E-state index contributed by atoms with van der Waals surface area (Å²) in [6.07, 6.45) is 0.838. The van der Waals surface area contributed by atoms with Gasteiger partial charge in [0, 0.05) is 25.7 Å². The molecule has 0 spiro atoms. The lowest BCUT2D eigenvalue weighted by molar-refractivity contribution is -0.154. The van der Waals surface area contributed by atoms with E-state index in [1.54, 1.807) is 0 Å². The van der Waals surface area contributed by atoms with Crippen molar-refractivity contribution in [3.8, 4) is 0 Å². The zero-order valence-electron chi connectivity index (χ0n) is 17.2. The number of piperidine rings is 1. The number of carbonyl (C=O) groups is 1. The Bertz CT molecular complexity index is 583. The number of hydrogen-bond donors (Lipinski definition) is 0. The molecule has 147 valence electrons. The van der Waals surface area contributed by atoms with Crippen LogP contribution in [0.25, 0.3) is 0 Å².